The average molecular weight is 324 g/mol. The first kappa shape index (κ1) is 17.0. The Balaban J connectivity index is 2.18. The Bertz CT molecular complexity index is 618. The molecule has 1 saturated carbocycles. The molecule has 0 heterocycles. The van der Waals surface area contributed by atoms with Gasteiger partial charge in [0, 0.05) is 11.6 Å². The van der Waals surface area contributed by atoms with E-state index in [2.05, 4.69) is 9.88 Å². The molecule has 0 aliphatic heterocycles. The highest BCUT2D eigenvalue weighted by Gasteiger charge is 2.21. The standard InChI is InChI=1S/C16H24N2O3S/c1-13(17-21-2)14-8-7-11-16(12-14)22(19,20)18-15-9-5-3-4-6-10-15/h7-8,11-12,15,18H,3-6,9-10H2,1-2H3. The lowest BCUT2D eigenvalue weighted by Crippen LogP contribution is -2.34. The number of nitrogens with one attached hydrogen (secondary N) is 1. The van der Waals surface area contributed by atoms with Crippen molar-refractivity contribution in [3.63, 3.8) is 0 Å². The Morgan fingerprint density at radius 1 is 1.23 bits per heavy atom. The van der Waals surface area contributed by atoms with Gasteiger partial charge in [-0.15, -0.1) is 0 Å². The molecule has 1 N–H and O–H groups in total. The van der Waals surface area contributed by atoms with Gasteiger partial charge in [-0.05, 0) is 31.9 Å². The van der Waals surface area contributed by atoms with E-state index >= 15 is 0 Å². The fourth-order valence-electron chi connectivity index (χ4n) is 2.76. The van der Waals surface area contributed by atoms with Crippen LogP contribution in [0.5, 0.6) is 0 Å². The Morgan fingerprint density at radius 2 is 1.91 bits per heavy atom. The Labute approximate surface area is 132 Å². The molecule has 6 heteroatoms. The highest BCUT2D eigenvalue weighted by molar-refractivity contribution is 7.89. The van der Waals surface area contributed by atoms with Gasteiger partial charge in [-0.1, -0.05) is 43.0 Å². The summed E-state index contributed by atoms with van der Waals surface area (Å²) in [6.45, 7) is 1.79. The second-order valence-corrected chi connectivity index (χ2v) is 7.41. The lowest BCUT2D eigenvalue weighted by molar-refractivity contribution is 0.213. The van der Waals surface area contributed by atoms with E-state index in [0.717, 1.165) is 31.2 Å². The van der Waals surface area contributed by atoms with Crippen LogP contribution in [-0.4, -0.2) is 27.3 Å². The first-order valence-electron chi connectivity index (χ1n) is 7.73. The maximum atomic E-state index is 12.6. The molecule has 0 bridgehead atoms. The maximum Gasteiger partial charge on any atom is 0.240 e. The molecule has 1 fully saturated rings. The van der Waals surface area contributed by atoms with E-state index in [-0.39, 0.29) is 10.9 Å². The van der Waals surface area contributed by atoms with Crippen molar-refractivity contribution in [2.75, 3.05) is 7.11 Å². The number of oxime groups is 1. The molecule has 0 aromatic heterocycles. The zero-order chi connectivity index (χ0) is 16.0. The summed E-state index contributed by atoms with van der Waals surface area (Å²) >= 11 is 0. The predicted molar refractivity (Wildman–Crippen MR) is 87.5 cm³/mol. The Kier molecular flexibility index (Phi) is 5.97. The quantitative estimate of drug-likeness (QED) is 0.514. The second-order valence-electron chi connectivity index (χ2n) is 5.70. The molecule has 1 aliphatic rings. The normalized spacial score (nSPS) is 18.0. The van der Waals surface area contributed by atoms with Crippen LogP contribution in [0.1, 0.15) is 51.0 Å². The molecule has 5 nitrogen and oxygen atoms in total. The zero-order valence-electron chi connectivity index (χ0n) is 13.2. The number of hydrogen-bond donors (Lipinski definition) is 1. The Morgan fingerprint density at radius 3 is 2.55 bits per heavy atom. The molecular formula is C16H24N2O3S. The van der Waals surface area contributed by atoms with Gasteiger partial charge in [0.1, 0.15) is 7.11 Å². The summed E-state index contributed by atoms with van der Waals surface area (Å²) in [4.78, 5) is 5.02. The van der Waals surface area contributed by atoms with E-state index in [1.165, 1.54) is 20.0 Å². The third-order valence-electron chi connectivity index (χ3n) is 3.97. The molecule has 0 amide bonds. The monoisotopic (exact) mass is 324 g/mol. The lowest BCUT2D eigenvalue weighted by atomic mass is 10.1. The highest BCUT2D eigenvalue weighted by Crippen LogP contribution is 2.20. The van der Waals surface area contributed by atoms with Gasteiger partial charge in [-0.3, -0.25) is 0 Å². The maximum absolute atomic E-state index is 12.6. The van der Waals surface area contributed by atoms with Crippen LogP contribution < -0.4 is 4.72 Å². The van der Waals surface area contributed by atoms with Gasteiger partial charge in [-0.2, -0.15) is 0 Å². The summed E-state index contributed by atoms with van der Waals surface area (Å²) in [6, 6.07) is 6.85. The van der Waals surface area contributed by atoms with Crippen molar-refractivity contribution in [3.8, 4) is 0 Å². The molecule has 0 saturated heterocycles. The largest absolute Gasteiger partial charge is 0.399 e. The molecule has 1 aromatic carbocycles. The van der Waals surface area contributed by atoms with Crippen LogP contribution in [0, 0.1) is 0 Å². The molecule has 1 aromatic rings. The number of benzene rings is 1. The predicted octanol–water partition coefficient (Wildman–Crippen LogP) is 3.06. The van der Waals surface area contributed by atoms with Gasteiger partial charge in [0.05, 0.1) is 10.6 Å². The summed E-state index contributed by atoms with van der Waals surface area (Å²) in [5, 5.41) is 3.85. The average Bonchev–Trinajstić information content (AvgIpc) is 2.76. The van der Waals surface area contributed by atoms with Crippen LogP contribution in [0.15, 0.2) is 34.3 Å². The number of hydrogen-bond acceptors (Lipinski definition) is 4. The number of rotatable bonds is 5. The number of sulfonamides is 1. The van der Waals surface area contributed by atoms with Crippen LogP contribution in [0.25, 0.3) is 0 Å². The molecule has 0 radical (unpaired) electrons. The molecule has 0 spiro atoms. The van der Waals surface area contributed by atoms with Gasteiger partial charge < -0.3 is 4.84 Å². The van der Waals surface area contributed by atoms with Crippen molar-refractivity contribution >= 4 is 15.7 Å². The number of nitrogens with zero attached hydrogens (tertiary/aromatic N) is 1. The molecule has 22 heavy (non-hydrogen) atoms. The van der Waals surface area contributed by atoms with E-state index in [0.29, 0.717) is 5.71 Å². The minimum absolute atomic E-state index is 0.0462. The van der Waals surface area contributed by atoms with E-state index in [9.17, 15) is 8.42 Å². The van der Waals surface area contributed by atoms with Crippen molar-refractivity contribution < 1.29 is 13.3 Å². The third-order valence-corrected chi connectivity index (χ3v) is 5.49. The van der Waals surface area contributed by atoms with Crippen molar-refractivity contribution in [2.45, 2.75) is 56.4 Å². The van der Waals surface area contributed by atoms with Crippen LogP contribution >= 0.6 is 0 Å². The van der Waals surface area contributed by atoms with Crippen LogP contribution in [0.4, 0.5) is 0 Å². The van der Waals surface area contributed by atoms with Crippen molar-refractivity contribution in [1.29, 1.82) is 0 Å². The summed E-state index contributed by atoms with van der Waals surface area (Å²) in [5.74, 6) is 0. The smallest absolute Gasteiger partial charge is 0.240 e. The second kappa shape index (κ2) is 7.74. The third kappa shape index (κ3) is 4.55. The summed E-state index contributed by atoms with van der Waals surface area (Å²) in [5.41, 5.74) is 1.39. The summed E-state index contributed by atoms with van der Waals surface area (Å²) < 4.78 is 28.0. The molecular weight excluding hydrogens is 300 g/mol. The minimum atomic E-state index is -3.49. The summed E-state index contributed by atoms with van der Waals surface area (Å²) in [6.07, 6.45) is 6.41. The van der Waals surface area contributed by atoms with Gasteiger partial charge in [0.25, 0.3) is 0 Å². The van der Waals surface area contributed by atoms with Gasteiger partial charge >= 0.3 is 0 Å². The molecule has 1 aliphatic carbocycles. The Hall–Kier alpha value is -1.40. The minimum Gasteiger partial charge on any atom is -0.399 e. The summed E-state index contributed by atoms with van der Waals surface area (Å²) in [7, 11) is -2.02. The fourth-order valence-corrected chi connectivity index (χ4v) is 4.11. The fraction of sp³-hybridized carbons (Fsp3) is 0.562. The molecule has 0 atom stereocenters. The van der Waals surface area contributed by atoms with Crippen molar-refractivity contribution in [3.05, 3.63) is 29.8 Å². The van der Waals surface area contributed by atoms with Crippen LogP contribution in [-0.2, 0) is 14.9 Å². The SMILES string of the molecule is CON=C(C)c1cccc(S(=O)(=O)NC2CCCCCC2)c1. The molecule has 122 valence electrons. The molecule has 0 unspecified atom stereocenters. The molecule has 2 rings (SSSR count). The zero-order valence-corrected chi connectivity index (χ0v) is 14.0. The van der Waals surface area contributed by atoms with E-state index in [1.807, 2.05) is 6.07 Å². The van der Waals surface area contributed by atoms with Crippen LogP contribution in [0.2, 0.25) is 0 Å². The van der Waals surface area contributed by atoms with Crippen molar-refractivity contribution in [1.82, 2.24) is 4.72 Å². The topological polar surface area (TPSA) is 67.8 Å². The van der Waals surface area contributed by atoms with E-state index < -0.39 is 10.0 Å². The van der Waals surface area contributed by atoms with Gasteiger partial charge in [0.2, 0.25) is 10.0 Å². The lowest BCUT2D eigenvalue weighted by Gasteiger charge is -2.16. The van der Waals surface area contributed by atoms with E-state index in [1.54, 1.807) is 25.1 Å². The van der Waals surface area contributed by atoms with Gasteiger partial charge in [0.15, 0.2) is 0 Å². The van der Waals surface area contributed by atoms with Gasteiger partial charge in [-0.25, -0.2) is 13.1 Å². The van der Waals surface area contributed by atoms with Crippen molar-refractivity contribution in [2.24, 2.45) is 5.16 Å². The van der Waals surface area contributed by atoms with Crippen LogP contribution in [0.3, 0.4) is 0 Å². The highest BCUT2D eigenvalue weighted by atomic mass is 32.2. The first-order valence-corrected chi connectivity index (χ1v) is 9.22. The van der Waals surface area contributed by atoms with E-state index in [4.69, 9.17) is 4.84 Å². The first-order chi connectivity index (χ1) is 10.5.